The number of hydrogen-bond donors (Lipinski definition) is 0. The standard InChI is InChI=1S/C46H31N7/c1-3-11-30(12-4-1)31-19-21-34(22-20-31)52-38-18-10-8-16-36(38)41-43-40(35-15-7-9-17-37(35)51(43)33-13-5-2-6-14-33)42-45(44(41)52)53(39-25-28-48-29-49-39)46(50-42)32-23-26-47-27-24-32/h1-29,36,38H. The van der Waals surface area contributed by atoms with Crippen LogP contribution in [0.15, 0.2) is 177 Å². The molecule has 2 unspecified atom stereocenters. The lowest BCUT2D eigenvalue weighted by molar-refractivity contribution is 0.746. The van der Waals surface area contributed by atoms with Crippen LogP contribution in [0.1, 0.15) is 11.5 Å². The summed E-state index contributed by atoms with van der Waals surface area (Å²) in [4.78, 5) is 21.7. The smallest absolute Gasteiger partial charge is 0.147 e. The van der Waals surface area contributed by atoms with Crippen molar-refractivity contribution in [1.82, 2.24) is 29.1 Å². The summed E-state index contributed by atoms with van der Waals surface area (Å²) >= 11 is 0. The molecule has 7 heteroatoms. The molecule has 1 aliphatic carbocycles. The van der Waals surface area contributed by atoms with E-state index in [4.69, 9.17) is 9.97 Å². The number of nitrogens with zero attached hydrogens (tertiary/aromatic N) is 7. The van der Waals surface area contributed by atoms with Crippen molar-refractivity contribution in [2.24, 2.45) is 0 Å². The first-order chi connectivity index (χ1) is 26.3. The SMILES string of the molecule is C1=CC2c3c(c4c(nc(-c5ccncc5)n4-c4ccncn4)c4c5ccccc5n(-c5ccccc5)c34)N(c3ccc(-c4ccccc4)cc3)C2C=C1. The second kappa shape index (κ2) is 11.7. The van der Waals surface area contributed by atoms with Crippen molar-refractivity contribution in [2.75, 3.05) is 4.90 Å². The number of anilines is 2. The van der Waals surface area contributed by atoms with E-state index < -0.39 is 0 Å². The number of hydrogen-bond acceptors (Lipinski definition) is 5. The van der Waals surface area contributed by atoms with Crippen LogP contribution in [0.4, 0.5) is 11.4 Å². The molecular formula is C46H31N7. The van der Waals surface area contributed by atoms with E-state index in [-0.39, 0.29) is 12.0 Å². The van der Waals surface area contributed by atoms with Crippen molar-refractivity contribution in [3.05, 3.63) is 182 Å². The Labute approximate surface area is 305 Å². The van der Waals surface area contributed by atoms with Crippen molar-refractivity contribution < 1.29 is 0 Å². The van der Waals surface area contributed by atoms with Gasteiger partial charge in [-0.2, -0.15) is 0 Å². The van der Waals surface area contributed by atoms with E-state index in [1.54, 1.807) is 12.5 Å². The molecule has 0 saturated heterocycles. The molecule has 0 fully saturated rings. The third kappa shape index (κ3) is 4.40. The minimum Gasteiger partial charge on any atom is -0.331 e. The molecule has 2 aliphatic rings. The van der Waals surface area contributed by atoms with Gasteiger partial charge < -0.3 is 9.47 Å². The van der Waals surface area contributed by atoms with Crippen molar-refractivity contribution in [3.8, 4) is 34.0 Å². The molecule has 250 valence electrons. The molecule has 0 spiro atoms. The fourth-order valence-electron chi connectivity index (χ4n) is 8.53. The lowest BCUT2D eigenvalue weighted by Gasteiger charge is -2.29. The molecule has 2 atom stereocenters. The second-order valence-corrected chi connectivity index (χ2v) is 13.5. The van der Waals surface area contributed by atoms with Crippen LogP contribution in [0.3, 0.4) is 0 Å². The Hall–Kier alpha value is -7.12. The number of fused-ring (bicyclic) bond motifs is 10. The van der Waals surface area contributed by atoms with E-state index in [0.29, 0.717) is 0 Å². The molecule has 0 bridgehead atoms. The third-order valence-corrected chi connectivity index (χ3v) is 10.7. The first-order valence-electron chi connectivity index (χ1n) is 17.9. The van der Waals surface area contributed by atoms with Crippen molar-refractivity contribution in [3.63, 3.8) is 0 Å². The normalized spacial score (nSPS) is 16.1. The summed E-state index contributed by atoms with van der Waals surface area (Å²) in [6, 6.07) is 45.1. The van der Waals surface area contributed by atoms with E-state index in [0.717, 1.165) is 61.6 Å². The van der Waals surface area contributed by atoms with Crippen LogP contribution in [0, 0.1) is 0 Å². The molecule has 5 aromatic carbocycles. The lowest BCUT2D eigenvalue weighted by atomic mass is 9.89. The van der Waals surface area contributed by atoms with Crippen LogP contribution >= 0.6 is 0 Å². The summed E-state index contributed by atoms with van der Waals surface area (Å²) in [6.45, 7) is 0. The second-order valence-electron chi connectivity index (χ2n) is 13.5. The van der Waals surface area contributed by atoms with Crippen LogP contribution in [0.25, 0.3) is 66.9 Å². The van der Waals surface area contributed by atoms with Crippen LogP contribution < -0.4 is 4.90 Å². The summed E-state index contributed by atoms with van der Waals surface area (Å²) in [7, 11) is 0. The number of benzene rings is 5. The first kappa shape index (κ1) is 29.6. The topological polar surface area (TPSA) is 64.7 Å². The van der Waals surface area contributed by atoms with E-state index in [9.17, 15) is 0 Å². The molecule has 1 aliphatic heterocycles. The summed E-state index contributed by atoms with van der Waals surface area (Å²) in [6.07, 6.45) is 16.2. The highest BCUT2D eigenvalue weighted by Gasteiger charge is 2.43. The van der Waals surface area contributed by atoms with Gasteiger partial charge in [-0.3, -0.25) is 9.55 Å². The molecule has 9 aromatic rings. The molecule has 0 radical (unpaired) electrons. The summed E-state index contributed by atoms with van der Waals surface area (Å²) in [5.41, 5.74) is 12.2. The Morgan fingerprint density at radius 1 is 0.547 bits per heavy atom. The van der Waals surface area contributed by atoms with Gasteiger partial charge in [-0.1, -0.05) is 103 Å². The van der Waals surface area contributed by atoms with Gasteiger partial charge in [0.15, 0.2) is 0 Å². The van der Waals surface area contributed by atoms with Gasteiger partial charge in [0.05, 0.1) is 28.3 Å². The Bertz CT molecular complexity index is 2880. The van der Waals surface area contributed by atoms with Gasteiger partial charge in [0, 0.05) is 57.8 Å². The van der Waals surface area contributed by atoms with E-state index in [2.05, 4.69) is 158 Å². The fraction of sp³-hybridized carbons (Fsp3) is 0.0435. The van der Waals surface area contributed by atoms with Crippen molar-refractivity contribution >= 4 is 44.2 Å². The average molecular weight is 682 g/mol. The zero-order valence-corrected chi connectivity index (χ0v) is 28.5. The monoisotopic (exact) mass is 681 g/mol. The summed E-state index contributed by atoms with van der Waals surface area (Å²) in [5, 5.41) is 2.29. The molecule has 4 aromatic heterocycles. The van der Waals surface area contributed by atoms with Crippen molar-refractivity contribution in [2.45, 2.75) is 12.0 Å². The maximum Gasteiger partial charge on any atom is 0.147 e. The minimum absolute atomic E-state index is 0.0340. The van der Waals surface area contributed by atoms with Gasteiger partial charge in [-0.05, 0) is 59.7 Å². The molecule has 11 rings (SSSR count). The largest absolute Gasteiger partial charge is 0.331 e. The first-order valence-corrected chi connectivity index (χ1v) is 17.9. The Balaban J connectivity index is 1.34. The van der Waals surface area contributed by atoms with Crippen LogP contribution in [0.5, 0.6) is 0 Å². The van der Waals surface area contributed by atoms with Crippen molar-refractivity contribution in [1.29, 1.82) is 0 Å². The van der Waals surface area contributed by atoms with E-state index in [1.807, 2.05) is 30.6 Å². The highest BCUT2D eigenvalue weighted by molar-refractivity contribution is 6.25. The minimum atomic E-state index is 0.0340. The summed E-state index contributed by atoms with van der Waals surface area (Å²) in [5.74, 6) is 1.62. The average Bonchev–Trinajstić information content (AvgIpc) is 3.91. The van der Waals surface area contributed by atoms with Crippen LogP contribution in [-0.2, 0) is 0 Å². The number of imidazole rings is 1. The molecule has 53 heavy (non-hydrogen) atoms. The number of aromatic nitrogens is 6. The molecule has 0 saturated carbocycles. The maximum absolute atomic E-state index is 5.62. The lowest BCUT2D eigenvalue weighted by Crippen LogP contribution is -2.28. The van der Waals surface area contributed by atoms with Gasteiger partial charge in [-0.15, -0.1) is 0 Å². The Kier molecular flexibility index (Phi) is 6.54. The van der Waals surface area contributed by atoms with E-state index >= 15 is 0 Å². The highest BCUT2D eigenvalue weighted by Crippen LogP contribution is 2.56. The van der Waals surface area contributed by atoms with E-state index in [1.165, 1.54) is 22.2 Å². The quantitative estimate of drug-likeness (QED) is 0.181. The Morgan fingerprint density at radius 3 is 2.06 bits per heavy atom. The number of pyridine rings is 1. The molecule has 5 heterocycles. The molecule has 7 nitrogen and oxygen atoms in total. The Morgan fingerprint density at radius 2 is 1.26 bits per heavy atom. The number of para-hydroxylation sites is 2. The predicted octanol–water partition coefficient (Wildman–Crippen LogP) is 10.4. The number of allylic oxidation sites excluding steroid dienone is 2. The zero-order chi connectivity index (χ0) is 34.9. The van der Waals surface area contributed by atoms with Crippen LogP contribution in [0.2, 0.25) is 0 Å². The fourth-order valence-corrected chi connectivity index (χ4v) is 8.53. The maximum atomic E-state index is 5.62. The van der Waals surface area contributed by atoms with Gasteiger partial charge in [0.1, 0.15) is 23.5 Å². The summed E-state index contributed by atoms with van der Waals surface area (Å²) < 4.78 is 4.68. The predicted molar refractivity (Wildman–Crippen MR) is 213 cm³/mol. The molecular weight excluding hydrogens is 651 g/mol. The van der Waals surface area contributed by atoms with Crippen LogP contribution in [-0.4, -0.2) is 35.1 Å². The van der Waals surface area contributed by atoms with Gasteiger partial charge in [0.2, 0.25) is 0 Å². The molecule has 0 N–H and O–H groups in total. The highest BCUT2D eigenvalue weighted by atomic mass is 15.2. The van der Waals surface area contributed by atoms with Gasteiger partial charge in [-0.25, -0.2) is 15.0 Å². The molecule has 0 amide bonds. The third-order valence-electron chi connectivity index (χ3n) is 10.7. The number of rotatable bonds is 5. The zero-order valence-electron chi connectivity index (χ0n) is 28.5. The van der Waals surface area contributed by atoms with Gasteiger partial charge >= 0.3 is 0 Å². The van der Waals surface area contributed by atoms with Gasteiger partial charge in [0.25, 0.3) is 0 Å².